The molecule has 0 amide bonds. The van der Waals surface area contributed by atoms with Crippen molar-refractivity contribution in [3.8, 4) is 5.75 Å². The number of benzene rings is 1. The maximum Gasteiger partial charge on any atom is 0.314 e. The molecule has 1 aromatic rings. The van der Waals surface area contributed by atoms with Gasteiger partial charge in [0.2, 0.25) is 5.75 Å². The smallest absolute Gasteiger partial charge is 0.314 e. The first kappa shape index (κ1) is 12.8. The Bertz CT molecular complexity index is 453. The molecule has 0 radical (unpaired) electrons. The number of para-hydroxylation sites is 1. The third-order valence-electron chi connectivity index (χ3n) is 3.30. The van der Waals surface area contributed by atoms with Crippen LogP contribution in [0.3, 0.4) is 0 Å². The molecule has 0 heterocycles. The van der Waals surface area contributed by atoms with E-state index in [9.17, 15) is 14.5 Å². The number of halogens is 1. The molecule has 0 bridgehead atoms. The summed E-state index contributed by atoms with van der Waals surface area (Å²) < 4.78 is 19.1. The monoisotopic (exact) mass is 254 g/mol. The van der Waals surface area contributed by atoms with E-state index in [0.717, 1.165) is 25.3 Å². The number of ether oxygens (including phenoxy) is 1. The molecule has 1 fully saturated rings. The third-order valence-corrected chi connectivity index (χ3v) is 3.30. The molecule has 0 saturated heterocycles. The van der Waals surface area contributed by atoms with Gasteiger partial charge < -0.3 is 10.5 Å². The summed E-state index contributed by atoms with van der Waals surface area (Å²) in [5, 5.41) is 10.8. The highest BCUT2D eigenvalue weighted by Crippen LogP contribution is 2.35. The predicted molar refractivity (Wildman–Crippen MR) is 63.9 cm³/mol. The van der Waals surface area contributed by atoms with E-state index < -0.39 is 10.7 Å². The quantitative estimate of drug-likeness (QED) is 0.660. The molecule has 1 aromatic carbocycles. The van der Waals surface area contributed by atoms with Gasteiger partial charge in [-0.2, -0.15) is 0 Å². The van der Waals surface area contributed by atoms with E-state index >= 15 is 0 Å². The number of nitrogens with zero attached hydrogens (tertiary/aromatic N) is 1. The summed E-state index contributed by atoms with van der Waals surface area (Å²) in [6, 6.07) is 3.70. The van der Waals surface area contributed by atoms with Gasteiger partial charge in [-0.25, -0.2) is 4.39 Å². The van der Waals surface area contributed by atoms with Crippen molar-refractivity contribution in [2.45, 2.75) is 25.4 Å². The molecule has 1 aliphatic carbocycles. The van der Waals surface area contributed by atoms with Crippen LogP contribution in [0.4, 0.5) is 10.1 Å². The SMILES string of the molecule is NCC1CCCC1Oc1c(F)cccc1[N+](=O)[O-]. The summed E-state index contributed by atoms with van der Waals surface area (Å²) in [6.45, 7) is 0.451. The molecular formula is C12H15FN2O3. The third kappa shape index (κ3) is 2.43. The van der Waals surface area contributed by atoms with Gasteiger partial charge in [-0.1, -0.05) is 6.07 Å². The number of hydrogen-bond acceptors (Lipinski definition) is 4. The highest BCUT2D eigenvalue weighted by molar-refractivity contribution is 5.47. The zero-order valence-electron chi connectivity index (χ0n) is 9.84. The molecule has 2 unspecified atom stereocenters. The largest absolute Gasteiger partial charge is 0.481 e. The van der Waals surface area contributed by atoms with Crippen molar-refractivity contribution < 1.29 is 14.1 Å². The lowest BCUT2D eigenvalue weighted by atomic mass is 10.1. The van der Waals surface area contributed by atoms with Crippen molar-refractivity contribution in [2.75, 3.05) is 6.54 Å². The fourth-order valence-corrected chi connectivity index (χ4v) is 2.34. The highest BCUT2D eigenvalue weighted by atomic mass is 19.1. The van der Waals surface area contributed by atoms with Crippen molar-refractivity contribution in [1.82, 2.24) is 0 Å². The van der Waals surface area contributed by atoms with Crippen LogP contribution in [0.25, 0.3) is 0 Å². The molecule has 5 nitrogen and oxygen atoms in total. The minimum atomic E-state index is -0.702. The number of nitro groups is 1. The van der Waals surface area contributed by atoms with E-state index in [1.807, 2.05) is 0 Å². The van der Waals surface area contributed by atoms with Crippen molar-refractivity contribution in [2.24, 2.45) is 11.7 Å². The Labute approximate surface area is 104 Å². The van der Waals surface area contributed by atoms with E-state index in [0.29, 0.717) is 6.54 Å². The van der Waals surface area contributed by atoms with Gasteiger partial charge >= 0.3 is 5.69 Å². The molecule has 1 aliphatic rings. The summed E-state index contributed by atoms with van der Waals surface area (Å²) in [7, 11) is 0. The molecule has 0 spiro atoms. The van der Waals surface area contributed by atoms with Crippen LogP contribution in [0, 0.1) is 21.8 Å². The van der Waals surface area contributed by atoms with Crippen LogP contribution in [-0.4, -0.2) is 17.6 Å². The minimum Gasteiger partial charge on any atom is -0.481 e. The molecule has 18 heavy (non-hydrogen) atoms. The second-order valence-corrected chi connectivity index (χ2v) is 4.43. The van der Waals surface area contributed by atoms with Gasteiger partial charge in [-0.05, 0) is 31.9 Å². The second-order valence-electron chi connectivity index (χ2n) is 4.43. The summed E-state index contributed by atoms with van der Waals surface area (Å²) in [6.07, 6.45) is 2.40. The van der Waals surface area contributed by atoms with Gasteiger partial charge in [0.25, 0.3) is 0 Å². The fourth-order valence-electron chi connectivity index (χ4n) is 2.34. The van der Waals surface area contributed by atoms with E-state index in [1.54, 1.807) is 0 Å². The summed E-state index contributed by atoms with van der Waals surface area (Å²) in [5.41, 5.74) is 5.27. The highest BCUT2D eigenvalue weighted by Gasteiger charge is 2.31. The number of hydrogen-bond donors (Lipinski definition) is 1. The van der Waals surface area contributed by atoms with Gasteiger partial charge in [0.15, 0.2) is 5.82 Å². The van der Waals surface area contributed by atoms with Gasteiger partial charge in [0.1, 0.15) is 6.10 Å². The van der Waals surface area contributed by atoms with Crippen LogP contribution in [0.1, 0.15) is 19.3 Å². The molecule has 98 valence electrons. The van der Waals surface area contributed by atoms with Gasteiger partial charge in [-0.3, -0.25) is 10.1 Å². The van der Waals surface area contributed by atoms with Crippen molar-refractivity contribution in [1.29, 1.82) is 0 Å². The Morgan fingerprint density at radius 1 is 1.50 bits per heavy atom. The number of nitrogens with two attached hydrogens (primary N) is 1. The topological polar surface area (TPSA) is 78.4 Å². The molecule has 2 atom stereocenters. The van der Waals surface area contributed by atoms with Crippen LogP contribution in [0.15, 0.2) is 18.2 Å². The van der Waals surface area contributed by atoms with Gasteiger partial charge in [0.05, 0.1) is 4.92 Å². The molecule has 6 heteroatoms. The Kier molecular flexibility index (Phi) is 3.76. The van der Waals surface area contributed by atoms with Crippen LogP contribution < -0.4 is 10.5 Å². The Morgan fingerprint density at radius 3 is 2.94 bits per heavy atom. The van der Waals surface area contributed by atoms with Crippen molar-refractivity contribution >= 4 is 5.69 Å². The number of nitro benzene ring substituents is 1. The molecule has 0 aliphatic heterocycles. The van der Waals surface area contributed by atoms with E-state index in [-0.39, 0.29) is 23.5 Å². The van der Waals surface area contributed by atoms with Gasteiger partial charge in [-0.15, -0.1) is 0 Å². The van der Waals surface area contributed by atoms with E-state index in [2.05, 4.69) is 0 Å². The average molecular weight is 254 g/mol. The van der Waals surface area contributed by atoms with Crippen LogP contribution >= 0.6 is 0 Å². The first-order valence-corrected chi connectivity index (χ1v) is 5.93. The van der Waals surface area contributed by atoms with E-state index in [1.165, 1.54) is 12.1 Å². The second kappa shape index (κ2) is 5.30. The summed E-state index contributed by atoms with van der Waals surface area (Å²) in [4.78, 5) is 10.2. The molecular weight excluding hydrogens is 239 g/mol. The normalized spacial score (nSPS) is 23.0. The van der Waals surface area contributed by atoms with Crippen LogP contribution in [0.2, 0.25) is 0 Å². The summed E-state index contributed by atoms with van der Waals surface area (Å²) >= 11 is 0. The molecule has 1 saturated carbocycles. The van der Waals surface area contributed by atoms with Gasteiger partial charge in [0, 0.05) is 12.0 Å². The molecule has 2 N–H and O–H groups in total. The van der Waals surface area contributed by atoms with Crippen molar-refractivity contribution in [3.05, 3.63) is 34.1 Å². The summed E-state index contributed by atoms with van der Waals surface area (Å²) in [5.74, 6) is -0.830. The average Bonchev–Trinajstić information content (AvgIpc) is 2.78. The minimum absolute atomic E-state index is 0.143. The fraction of sp³-hybridized carbons (Fsp3) is 0.500. The first-order valence-electron chi connectivity index (χ1n) is 5.93. The van der Waals surface area contributed by atoms with Crippen molar-refractivity contribution in [3.63, 3.8) is 0 Å². The zero-order chi connectivity index (χ0) is 13.1. The van der Waals surface area contributed by atoms with E-state index in [4.69, 9.17) is 10.5 Å². The predicted octanol–water partition coefficient (Wildman–Crippen LogP) is 2.24. The Morgan fingerprint density at radius 2 is 2.28 bits per heavy atom. The lowest BCUT2D eigenvalue weighted by molar-refractivity contribution is -0.386. The molecule has 0 aromatic heterocycles. The Balaban J connectivity index is 2.25. The number of rotatable bonds is 4. The lowest BCUT2D eigenvalue weighted by Crippen LogP contribution is -2.28. The van der Waals surface area contributed by atoms with Crippen LogP contribution in [0.5, 0.6) is 5.75 Å². The first-order chi connectivity index (χ1) is 8.63. The molecule has 2 rings (SSSR count). The maximum atomic E-state index is 13.6. The maximum absolute atomic E-state index is 13.6. The lowest BCUT2D eigenvalue weighted by Gasteiger charge is -2.19. The standard InChI is InChI=1S/C12H15FN2O3/c13-9-4-2-5-10(15(16)17)12(9)18-11-6-1-3-8(11)7-14/h2,4-5,8,11H,1,3,6-7,14H2. The Hall–Kier alpha value is -1.69. The zero-order valence-corrected chi connectivity index (χ0v) is 9.84. The van der Waals surface area contributed by atoms with Crippen LogP contribution in [-0.2, 0) is 0 Å².